The number of nitrogens with zero attached hydrogens (tertiary/aromatic N) is 1. The van der Waals surface area contributed by atoms with Crippen LogP contribution in [0.2, 0.25) is 0 Å². The van der Waals surface area contributed by atoms with Gasteiger partial charge in [-0.25, -0.2) is 4.39 Å². The Hall–Kier alpha value is -2.44. The molecule has 6 nitrogen and oxygen atoms in total. The second-order valence-corrected chi connectivity index (χ2v) is 5.25. The minimum absolute atomic E-state index is 0.0159. The maximum atomic E-state index is 12.9. The fraction of sp³-hybridized carbons (Fsp3) is 0.438. The number of rotatable bonds is 6. The predicted octanol–water partition coefficient (Wildman–Crippen LogP) is 1.39. The number of amides is 2. The maximum Gasteiger partial charge on any atom is 0.306 e. The van der Waals surface area contributed by atoms with Gasteiger partial charge in [0.05, 0.1) is 19.1 Å². The largest absolute Gasteiger partial charge is 0.466 e. The summed E-state index contributed by atoms with van der Waals surface area (Å²) >= 11 is 0. The van der Waals surface area contributed by atoms with E-state index in [4.69, 9.17) is 4.74 Å². The molecule has 2 amide bonds. The number of ether oxygens (including phenoxy) is 1. The highest BCUT2D eigenvalue weighted by atomic mass is 19.1. The number of nitrogens with one attached hydrogen (secondary N) is 1. The van der Waals surface area contributed by atoms with Gasteiger partial charge in [-0.05, 0) is 31.2 Å². The molecule has 1 unspecified atom stereocenters. The van der Waals surface area contributed by atoms with Crippen molar-refractivity contribution in [3.63, 3.8) is 0 Å². The van der Waals surface area contributed by atoms with Crippen molar-refractivity contribution in [1.82, 2.24) is 5.32 Å². The number of carbonyl (C=O) groups excluding carboxylic acids is 3. The van der Waals surface area contributed by atoms with Crippen molar-refractivity contribution in [3.05, 3.63) is 30.1 Å². The highest BCUT2D eigenvalue weighted by Crippen LogP contribution is 2.21. The van der Waals surface area contributed by atoms with E-state index in [9.17, 15) is 18.8 Å². The Labute approximate surface area is 133 Å². The fourth-order valence-corrected chi connectivity index (χ4v) is 2.42. The molecule has 1 saturated heterocycles. The van der Waals surface area contributed by atoms with Crippen LogP contribution in [-0.4, -0.2) is 37.0 Å². The van der Waals surface area contributed by atoms with Crippen molar-refractivity contribution in [3.8, 4) is 0 Å². The number of hydrogen-bond donors (Lipinski definition) is 1. The van der Waals surface area contributed by atoms with Gasteiger partial charge < -0.3 is 15.0 Å². The van der Waals surface area contributed by atoms with Crippen LogP contribution in [0.1, 0.15) is 26.2 Å². The Bertz CT molecular complexity index is 588. The molecule has 23 heavy (non-hydrogen) atoms. The van der Waals surface area contributed by atoms with E-state index in [1.807, 2.05) is 0 Å². The lowest BCUT2D eigenvalue weighted by Gasteiger charge is -2.17. The molecule has 1 heterocycles. The van der Waals surface area contributed by atoms with E-state index in [1.165, 1.54) is 29.2 Å². The Kier molecular flexibility index (Phi) is 5.67. The summed E-state index contributed by atoms with van der Waals surface area (Å²) in [5.41, 5.74) is 0.597. The molecule has 0 radical (unpaired) electrons. The van der Waals surface area contributed by atoms with E-state index in [0.29, 0.717) is 12.2 Å². The van der Waals surface area contributed by atoms with Gasteiger partial charge in [0.2, 0.25) is 11.8 Å². The molecule has 1 fully saturated rings. The van der Waals surface area contributed by atoms with Crippen LogP contribution in [0.5, 0.6) is 0 Å². The number of hydrogen-bond acceptors (Lipinski definition) is 4. The van der Waals surface area contributed by atoms with Gasteiger partial charge in [-0.1, -0.05) is 0 Å². The number of halogens is 1. The highest BCUT2D eigenvalue weighted by molar-refractivity contribution is 5.96. The first kappa shape index (κ1) is 16.9. The normalized spacial score (nSPS) is 17.2. The minimum atomic E-state index is -0.418. The third-order valence-electron chi connectivity index (χ3n) is 3.49. The van der Waals surface area contributed by atoms with Crippen molar-refractivity contribution in [2.24, 2.45) is 0 Å². The average Bonchev–Trinajstić information content (AvgIpc) is 2.87. The fourth-order valence-electron chi connectivity index (χ4n) is 2.42. The van der Waals surface area contributed by atoms with Crippen LogP contribution in [-0.2, 0) is 19.1 Å². The molecule has 1 aliphatic heterocycles. The standard InChI is InChI=1S/C16H19FN2O4/c1-2-23-16(22)8-7-14(20)18-12-9-15(21)19(10-12)13-5-3-11(17)4-6-13/h3-6,12H,2,7-10H2,1H3,(H,18,20). The number of anilines is 1. The first-order valence-electron chi connectivity index (χ1n) is 7.50. The Balaban J connectivity index is 1.84. The van der Waals surface area contributed by atoms with Crippen LogP contribution in [0.4, 0.5) is 10.1 Å². The van der Waals surface area contributed by atoms with Crippen LogP contribution in [0, 0.1) is 5.82 Å². The summed E-state index contributed by atoms with van der Waals surface area (Å²) in [6.07, 6.45) is 0.227. The molecule has 1 aromatic rings. The Morgan fingerprint density at radius 1 is 1.30 bits per heavy atom. The van der Waals surface area contributed by atoms with E-state index in [1.54, 1.807) is 6.92 Å². The zero-order valence-electron chi connectivity index (χ0n) is 12.9. The molecule has 2 rings (SSSR count). The molecule has 7 heteroatoms. The molecule has 0 aliphatic carbocycles. The van der Waals surface area contributed by atoms with Gasteiger partial charge in [0, 0.05) is 25.1 Å². The predicted molar refractivity (Wildman–Crippen MR) is 81.2 cm³/mol. The van der Waals surface area contributed by atoms with Crippen molar-refractivity contribution < 1.29 is 23.5 Å². The highest BCUT2D eigenvalue weighted by Gasteiger charge is 2.31. The first-order chi connectivity index (χ1) is 11.0. The molecule has 1 N–H and O–H groups in total. The molecule has 1 aromatic carbocycles. The lowest BCUT2D eigenvalue weighted by atomic mass is 10.2. The number of carbonyl (C=O) groups is 3. The van der Waals surface area contributed by atoms with Gasteiger partial charge in [0.15, 0.2) is 0 Å². The topological polar surface area (TPSA) is 75.7 Å². The van der Waals surface area contributed by atoms with Gasteiger partial charge in [-0.2, -0.15) is 0 Å². The smallest absolute Gasteiger partial charge is 0.306 e. The second kappa shape index (κ2) is 7.71. The zero-order valence-corrected chi connectivity index (χ0v) is 12.9. The van der Waals surface area contributed by atoms with E-state index >= 15 is 0 Å². The minimum Gasteiger partial charge on any atom is -0.466 e. The third kappa shape index (κ3) is 4.77. The van der Waals surface area contributed by atoms with Crippen molar-refractivity contribution in [1.29, 1.82) is 0 Å². The van der Waals surface area contributed by atoms with Crippen molar-refractivity contribution >= 4 is 23.5 Å². The van der Waals surface area contributed by atoms with Crippen LogP contribution in [0.3, 0.4) is 0 Å². The molecular formula is C16H19FN2O4. The monoisotopic (exact) mass is 322 g/mol. The average molecular weight is 322 g/mol. The van der Waals surface area contributed by atoms with E-state index in [0.717, 1.165) is 0 Å². The summed E-state index contributed by atoms with van der Waals surface area (Å²) in [4.78, 5) is 36.5. The SMILES string of the molecule is CCOC(=O)CCC(=O)NC1CC(=O)N(c2ccc(F)cc2)C1. The summed E-state index contributed by atoms with van der Waals surface area (Å²) in [6.45, 7) is 2.31. The number of benzene rings is 1. The molecule has 0 aromatic heterocycles. The lowest BCUT2D eigenvalue weighted by Crippen LogP contribution is -2.37. The van der Waals surface area contributed by atoms with Gasteiger partial charge in [0.1, 0.15) is 5.82 Å². The van der Waals surface area contributed by atoms with Crippen molar-refractivity contribution in [2.75, 3.05) is 18.1 Å². The van der Waals surface area contributed by atoms with Gasteiger partial charge in [-0.15, -0.1) is 0 Å². The zero-order chi connectivity index (χ0) is 16.8. The summed E-state index contributed by atoms with van der Waals surface area (Å²) < 4.78 is 17.7. The summed E-state index contributed by atoms with van der Waals surface area (Å²) in [7, 11) is 0. The van der Waals surface area contributed by atoms with E-state index in [2.05, 4.69) is 5.32 Å². The summed E-state index contributed by atoms with van der Waals surface area (Å²) in [6, 6.07) is 5.31. The molecule has 0 saturated carbocycles. The molecule has 124 valence electrons. The summed E-state index contributed by atoms with van der Waals surface area (Å²) in [5, 5.41) is 2.73. The molecule has 1 aliphatic rings. The van der Waals surface area contributed by atoms with Crippen LogP contribution in [0.25, 0.3) is 0 Å². The summed E-state index contributed by atoms with van der Waals surface area (Å²) in [5.74, 6) is -1.22. The molecule has 0 spiro atoms. The Morgan fingerprint density at radius 3 is 2.65 bits per heavy atom. The van der Waals surface area contributed by atoms with E-state index in [-0.39, 0.29) is 49.5 Å². The van der Waals surface area contributed by atoms with Crippen LogP contribution >= 0.6 is 0 Å². The Morgan fingerprint density at radius 2 is 2.00 bits per heavy atom. The van der Waals surface area contributed by atoms with Gasteiger partial charge in [-0.3, -0.25) is 14.4 Å². The molecule has 0 bridgehead atoms. The second-order valence-electron chi connectivity index (χ2n) is 5.25. The van der Waals surface area contributed by atoms with Crippen molar-refractivity contribution in [2.45, 2.75) is 32.2 Å². The number of esters is 1. The lowest BCUT2D eigenvalue weighted by molar-refractivity contribution is -0.144. The quantitative estimate of drug-likeness (QED) is 0.803. The van der Waals surface area contributed by atoms with Crippen LogP contribution < -0.4 is 10.2 Å². The van der Waals surface area contributed by atoms with Crippen LogP contribution in [0.15, 0.2) is 24.3 Å². The maximum absolute atomic E-state index is 12.9. The van der Waals surface area contributed by atoms with Gasteiger partial charge >= 0.3 is 5.97 Å². The third-order valence-corrected chi connectivity index (χ3v) is 3.49. The molecular weight excluding hydrogens is 303 g/mol. The molecule has 1 atom stereocenters. The first-order valence-corrected chi connectivity index (χ1v) is 7.50. The van der Waals surface area contributed by atoms with Gasteiger partial charge in [0.25, 0.3) is 0 Å². The van der Waals surface area contributed by atoms with E-state index < -0.39 is 5.97 Å².